The van der Waals surface area contributed by atoms with E-state index in [1.807, 2.05) is 13.8 Å². The Morgan fingerprint density at radius 3 is 2.21 bits per heavy atom. The maximum absolute atomic E-state index is 11.4. The minimum absolute atomic E-state index is 0.0105. The minimum Gasteiger partial charge on any atom is -0.467 e. The van der Waals surface area contributed by atoms with Crippen molar-refractivity contribution in [2.75, 3.05) is 14.2 Å². The molecule has 0 saturated heterocycles. The van der Waals surface area contributed by atoms with Crippen molar-refractivity contribution in [1.82, 2.24) is 4.90 Å². The summed E-state index contributed by atoms with van der Waals surface area (Å²) in [5, 5.41) is 0. The fourth-order valence-electron chi connectivity index (χ4n) is 1.28. The summed E-state index contributed by atoms with van der Waals surface area (Å²) >= 11 is 0. The molecule has 0 unspecified atom stereocenters. The van der Waals surface area contributed by atoms with Gasteiger partial charge in [0.2, 0.25) is 5.91 Å². The number of likely N-dealkylation sites (N-methyl/N-ethyl adjacent to an activating group) is 1. The van der Waals surface area contributed by atoms with Crippen LogP contribution in [0, 0.1) is 5.92 Å². The molecule has 0 radical (unpaired) electrons. The average molecular weight is 199 g/mol. The van der Waals surface area contributed by atoms with Crippen LogP contribution in [0.2, 0.25) is 0 Å². The molecule has 1 amide bonds. The molecule has 14 heavy (non-hydrogen) atoms. The lowest BCUT2D eigenvalue weighted by Gasteiger charge is -2.27. The molecule has 0 aromatic carbocycles. The van der Waals surface area contributed by atoms with Gasteiger partial charge in [-0.2, -0.15) is 0 Å². The SMILES string of the molecule is C=CC(=O)N(C)[C@H](C(=O)OC)C(C)C. The molecule has 0 aliphatic rings. The Hall–Kier alpha value is -1.32. The normalized spacial score (nSPS) is 12.1. The van der Waals surface area contributed by atoms with Crippen LogP contribution in [0.25, 0.3) is 0 Å². The highest BCUT2D eigenvalue weighted by molar-refractivity contribution is 5.91. The fourth-order valence-corrected chi connectivity index (χ4v) is 1.28. The molecule has 0 aliphatic carbocycles. The summed E-state index contributed by atoms with van der Waals surface area (Å²) in [5.74, 6) is -0.678. The number of amides is 1. The molecule has 0 spiro atoms. The lowest BCUT2D eigenvalue weighted by Crippen LogP contribution is -2.45. The Morgan fingerprint density at radius 1 is 1.43 bits per heavy atom. The third-order valence-corrected chi connectivity index (χ3v) is 2.01. The highest BCUT2D eigenvalue weighted by atomic mass is 16.5. The van der Waals surface area contributed by atoms with E-state index in [4.69, 9.17) is 0 Å². The number of rotatable bonds is 4. The molecule has 0 N–H and O–H groups in total. The second-order valence-electron chi connectivity index (χ2n) is 3.37. The quantitative estimate of drug-likeness (QED) is 0.497. The Kier molecular flexibility index (Phi) is 4.91. The zero-order valence-corrected chi connectivity index (χ0v) is 9.11. The van der Waals surface area contributed by atoms with Gasteiger partial charge < -0.3 is 9.64 Å². The van der Waals surface area contributed by atoms with Crippen molar-refractivity contribution in [3.8, 4) is 0 Å². The van der Waals surface area contributed by atoms with Crippen molar-refractivity contribution in [3.05, 3.63) is 12.7 Å². The van der Waals surface area contributed by atoms with Crippen LogP contribution < -0.4 is 0 Å². The van der Waals surface area contributed by atoms with Crippen LogP contribution in [0.3, 0.4) is 0 Å². The molecule has 0 saturated carbocycles. The molecule has 0 heterocycles. The van der Waals surface area contributed by atoms with E-state index in [1.165, 1.54) is 18.1 Å². The topological polar surface area (TPSA) is 46.6 Å². The zero-order valence-electron chi connectivity index (χ0n) is 9.11. The van der Waals surface area contributed by atoms with E-state index in [2.05, 4.69) is 11.3 Å². The van der Waals surface area contributed by atoms with Gasteiger partial charge in [-0.15, -0.1) is 0 Å². The molecule has 0 rings (SSSR count). The van der Waals surface area contributed by atoms with Crippen molar-refractivity contribution in [2.24, 2.45) is 5.92 Å². The van der Waals surface area contributed by atoms with E-state index in [0.717, 1.165) is 0 Å². The number of carbonyl (C=O) groups excluding carboxylic acids is 2. The standard InChI is InChI=1S/C10H17NO3/c1-6-8(12)11(4)9(7(2)3)10(13)14-5/h6-7,9H,1H2,2-5H3/t9-/m0/s1. The molecule has 0 bridgehead atoms. The van der Waals surface area contributed by atoms with E-state index in [1.54, 1.807) is 7.05 Å². The highest BCUT2D eigenvalue weighted by Crippen LogP contribution is 2.11. The van der Waals surface area contributed by atoms with Crippen molar-refractivity contribution in [2.45, 2.75) is 19.9 Å². The van der Waals surface area contributed by atoms with Crippen molar-refractivity contribution in [3.63, 3.8) is 0 Å². The Labute approximate surface area is 84.5 Å². The van der Waals surface area contributed by atoms with Gasteiger partial charge in [0.25, 0.3) is 0 Å². The predicted molar refractivity (Wildman–Crippen MR) is 53.6 cm³/mol. The van der Waals surface area contributed by atoms with E-state index < -0.39 is 12.0 Å². The maximum Gasteiger partial charge on any atom is 0.328 e. The molecule has 80 valence electrons. The molecule has 0 fully saturated rings. The fraction of sp³-hybridized carbons (Fsp3) is 0.600. The van der Waals surface area contributed by atoms with E-state index in [0.29, 0.717) is 0 Å². The van der Waals surface area contributed by atoms with Crippen molar-refractivity contribution in [1.29, 1.82) is 0 Å². The summed E-state index contributed by atoms with van der Waals surface area (Å²) in [7, 11) is 2.87. The van der Waals surface area contributed by atoms with Crippen LogP contribution >= 0.6 is 0 Å². The van der Waals surface area contributed by atoms with Gasteiger partial charge >= 0.3 is 5.97 Å². The first kappa shape index (κ1) is 12.7. The second-order valence-corrected chi connectivity index (χ2v) is 3.37. The first-order valence-corrected chi connectivity index (χ1v) is 4.42. The van der Waals surface area contributed by atoms with Crippen LogP contribution in [-0.2, 0) is 14.3 Å². The highest BCUT2D eigenvalue weighted by Gasteiger charge is 2.29. The van der Waals surface area contributed by atoms with Crippen molar-refractivity contribution >= 4 is 11.9 Å². The smallest absolute Gasteiger partial charge is 0.328 e. The van der Waals surface area contributed by atoms with Crippen LogP contribution in [0.1, 0.15) is 13.8 Å². The van der Waals surface area contributed by atoms with Crippen LogP contribution in [-0.4, -0.2) is 37.0 Å². The van der Waals surface area contributed by atoms with E-state index in [-0.39, 0.29) is 11.8 Å². The second kappa shape index (κ2) is 5.42. The molecule has 0 aromatic heterocycles. The lowest BCUT2D eigenvalue weighted by molar-refractivity contribution is -0.152. The lowest BCUT2D eigenvalue weighted by atomic mass is 10.0. The van der Waals surface area contributed by atoms with Gasteiger partial charge in [-0.05, 0) is 12.0 Å². The Morgan fingerprint density at radius 2 is 1.93 bits per heavy atom. The van der Waals surface area contributed by atoms with Crippen LogP contribution in [0.5, 0.6) is 0 Å². The largest absolute Gasteiger partial charge is 0.467 e. The summed E-state index contributed by atoms with van der Waals surface area (Å²) in [6.45, 7) is 7.08. The van der Waals surface area contributed by atoms with Gasteiger partial charge in [0.05, 0.1) is 7.11 Å². The number of carbonyl (C=O) groups is 2. The maximum atomic E-state index is 11.4. The molecule has 4 heteroatoms. The number of nitrogens with zero attached hydrogens (tertiary/aromatic N) is 1. The average Bonchev–Trinajstić information content (AvgIpc) is 2.15. The molecular weight excluding hydrogens is 182 g/mol. The van der Waals surface area contributed by atoms with Crippen LogP contribution in [0.15, 0.2) is 12.7 Å². The summed E-state index contributed by atoms with van der Waals surface area (Å²) < 4.78 is 4.62. The first-order chi connectivity index (χ1) is 6.45. The van der Waals surface area contributed by atoms with Gasteiger partial charge in [-0.25, -0.2) is 4.79 Å². The third kappa shape index (κ3) is 2.87. The van der Waals surface area contributed by atoms with Gasteiger partial charge in [0.15, 0.2) is 0 Å². The summed E-state index contributed by atoms with van der Waals surface area (Å²) in [6.07, 6.45) is 1.18. The Balaban J connectivity index is 4.73. The molecule has 0 aliphatic heterocycles. The van der Waals surface area contributed by atoms with Gasteiger partial charge in [-0.1, -0.05) is 20.4 Å². The molecule has 0 aromatic rings. The van der Waals surface area contributed by atoms with E-state index in [9.17, 15) is 9.59 Å². The molecule has 4 nitrogen and oxygen atoms in total. The number of methoxy groups -OCH3 is 1. The zero-order chi connectivity index (χ0) is 11.3. The monoisotopic (exact) mass is 199 g/mol. The summed E-state index contributed by atoms with van der Waals surface area (Å²) in [4.78, 5) is 24.0. The number of hydrogen-bond acceptors (Lipinski definition) is 3. The first-order valence-electron chi connectivity index (χ1n) is 4.42. The van der Waals surface area contributed by atoms with Gasteiger partial charge in [-0.3, -0.25) is 4.79 Å². The molecular formula is C10H17NO3. The minimum atomic E-state index is -0.550. The van der Waals surface area contributed by atoms with Gasteiger partial charge in [0.1, 0.15) is 6.04 Å². The number of ether oxygens (including phenoxy) is 1. The third-order valence-electron chi connectivity index (χ3n) is 2.01. The predicted octanol–water partition coefficient (Wildman–Crippen LogP) is 0.828. The number of hydrogen-bond donors (Lipinski definition) is 0. The van der Waals surface area contributed by atoms with E-state index >= 15 is 0 Å². The summed E-state index contributed by atoms with van der Waals surface area (Å²) in [6, 6.07) is -0.550. The Bertz CT molecular complexity index is 236. The molecule has 1 atom stereocenters. The number of esters is 1. The van der Waals surface area contributed by atoms with Crippen LogP contribution in [0.4, 0.5) is 0 Å². The summed E-state index contributed by atoms with van der Waals surface area (Å²) in [5.41, 5.74) is 0. The van der Waals surface area contributed by atoms with Gasteiger partial charge in [0, 0.05) is 7.05 Å². The van der Waals surface area contributed by atoms with Crippen molar-refractivity contribution < 1.29 is 14.3 Å².